The van der Waals surface area contributed by atoms with Crippen molar-refractivity contribution in [1.29, 1.82) is 0 Å². The van der Waals surface area contributed by atoms with E-state index < -0.39 is 6.71 Å². The normalized spacial score (nSPS) is 13.2. The van der Waals surface area contributed by atoms with Gasteiger partial charge in [0, 0.05) is 55.2 Å². The summed E-state index contributed by atoms with van der Waals surface area (Å²) in [4.78, 5) is 4.99. The molecule has 0 N–H and O–H groups in total. The molecule has 6 heterocycles. The molecule has 0 amide bonds. The van der Waals surface area contributed by atoms with Gasteiger partial charge in [-0.15, -0.1) is 0 Å². The van der Waals surface area contributed by atoms with Crippen LogP contribution in [0.2, 0.25) is 0 Å². The molecule has 0 spiro atoms. The van der Waals surface area contributed by atoms with Crippen molar-refractivity contribution in [3.8, 4) is 44.9 Å². The molecule has 376 valence electrons. The van der Waals surface area contributed by atoms with Crippen molar-refractivity contribution in [2.75, 3.05) is 9.80 Å². The average Bonchev–Trinajstić information content (AvgIpc) is 4.13. The van der Waals surface area contributed by atoms with E-state index in [-0.39, 0.29) is 10.8 Å². The van der Waals surface area contributed by atoms with Crippen LogP contribution in [0.1, 0.15) is 58.2 Å². The molecule has 0 bridgehead atoms. The van der Waals surface area contributed by atoms with Crippen LogP contribution in [0.15, 0.2) is 224 Å². The van der Waals surface area contributed by atoms with Crippen LogP contribution in [0.25, 0.3) is 88.8 Å². The van der Waals surface area contributed by atoms with E-state index in [1.807, 2.05) is 24.3 Å². The number of hydrogen-bond acceptors (Lipinski definition) is 6. The summed E-state index contributed by atoms with van der Waals surface area (Å²) in [7, 11) is 0. The molecule has 7 heteroatoms. The molecule has 15 rings (SSSR count). The summed E-state index contributed by atoms with van der Waals surface area (Å²) in [5.74, 6) is 1.60. The lowest BCUT2D eigenvalue weighted by Gasteiger charge is -2.42. The van der Waals surface area contributed by atoms with E-state index in [0.29, 0.717) is 0 Å². The highest BCUT2D eigenvalue weighted by Gasteiger charge is 2.50. The first-order chi connectivity index (χ1) is 37.8. The molecule has 0 aliphatic carbocycles. The van der Waals surface area contributed by atoms with Crippen LogP contribution in [-0.2, 0) is 10.8 Å². The first kappa shape index (κ1) is 46.1. The van der Waals surface area contributed by atoms with Gasteiger partial charge in [0.1, 0.15) is 45.2 Å². The molecular weight excluding hydrogens is 956 g/mol. The number of benzene rings is 9. The maximum absolute atomic E-state index is 7.51. The predicted octanol–water partition coefficient (Wildman–Crippen LogP) is 18.3. The standard InChI is InChI=1S/C71H55BN2O4/c1-42-34-57-65-58(35-42)74(56-37-48(27-31-52(56)44-20-12-9-13-21-44)64-39-46-23-15-17-25-60(46)76-64)67-54-41-50(71(5,6)7)29-33-62(54)78-69(67)72(65)68-66(53-40-49(70(2,3)4)28-32-61(53)77-68)73(57)55-36-47(26-30-51(55)43-18-10-8-11-19-43)63-38-45-22-14-16-24-59(45)75-63/h8-41H,1-7H3. The summed E-state index contributed by atoms with van der Waals surface area (Å²) in [5, 5.41) is 4.20. The number of furan rings is 4. The van der Waals surface area contributed by atoms with Gasteiger partial charge in [0.05, 0.1) is 22.7 Å². The fourth-order valence-corrected chi connectivity index (χ4v) is 12.3. The minimum absolute atomic E-state index is 0.134. The summed E-state index contributed by atoms with van der Waals surface area (Å²) >= 11 is 0. The van der Waals surface area contributed by atoms with Gasteiger partial charge in [-0.2, -0.15) is 0 Å². The first-order valence-corrected chi connectivity index (χ1v) is 27.1. The number of nitrogens with zero attached hydrogens (tertiary/aromatic N) is 2. The Hall–Kier alpha value is -9.20. The van der Waals surface area contributed by atoms with Crippen molar-refractivity contribution in [3.63, 3.8) is 0 Å². The van der Waals surface area contributed by atoms with Crippen LogP contribution in [0.4, 0.5) is 34.1 Å². The van der Waals surface area contributed by atoms with Crippen LogP contribution < -0.4 is 26.6 Å². The Morgan fingerprint density at radius 1 is 0.359 bits per heavy atom. The minimum Gasteiger partial charge on any atom is -0.468 e. The Morgan fingerprint density at radius 2 is 0.782 bits per heavy atom. The molecule has 0 radical (unpaired) electrons. The van der Waals surface area contributed by atoms with Gasteiger partial charge in [0.15, 0.2) is 0 Å². The summed E-state index contributed by atoms with van der Waals surface area (Å²) in [5.41, 5.74) is 21.8. The summed E-state index contributed by atoms with van der Waals surface area (Å²) in [6.45, 7) is 15.5. The molecule has 2 aliphatic heterocycles. The van der Waals surface area contributed by atoms with Gasteiger partial charge in [0.25, 0.3) is 0 Å². The van der Waals surface area contributed by atoms with Crippen LogP contribution in [0.5, 0.6) is 0 Å². The predicted molar refractivity (Wildman–Crippen MR) is 323 cm³/mol. The zero-order valence-electron chi connectivity index (χ0n) is 44.7. The second kappa shape index (κ2) is 16.9. The topological polar surface area (TPSA) is 59.0 Å². The summed E-state index contributed by atoms with van der Waals surface area (Å²) in [6.07, 6.45) is 0. The van der Waals surface area contributed by atoms with Gasteiger partial charge >= 0.3 is 6.71 Å². The Labute approximate surface area is 453 Å². The number of rotatable bonds is 6. The van der Waals surface area contributed by atoms with Crippen LogP contribution in [-0.4, -0.2) is 6.71 Å². The van der Waals surface area contributed by atoms with E-state index in [0.717, 1.165) is 145 Å². The third-order valence-corrected chi connectivity index (χ3v) is 16.2. The Morgan fingerprint density at radius 3 is 1.21 bits per heavy atom. The molecule has 6 nitrogen and oxygen atoms in total. The summed E-state index contributed by atoms with van der Waals surface area (Å²) < 4.78 is 28.4. The number of anilines is 6. The maximum Gasteiger partial charge on any atom is 0.342 e. The lowest BCUT2D eigenvalue weighted by atomic mass is 9.37. The van der Waals surface area contributed by atoms with Gasteiger partial charge in [0.2, 0.25) is 0 Å². The van der Waals surface area contributed by atoms with Gasteiger partial charge in [-0.05, 0) is 124 Å². The molecule has 4 aromatic heterocycles. The largest absolute Gasteiger partial charge is 0.468 e. The highest BCUT2D eigenvalue weighted by atomic mass is 16.4. The van der Waals surface area contributed by atoms with E-state index in [9.17, 15) is 0 Å². The van der Waals surface area contributed by atoms with Crippen molar-refractivity contribution in [3.05, 3.63) is 223 Å². The van der Waals surface area contributed by atoms with E-state index in [1.54, 1.807) is 0 Å². The Bertz CT molecular complexity index is 4210. The Kier molecular flexibility index (Phi) is 10.00. The molecule has 0 saturated carbocycles. The second-order valence-corrected chi connectivity index (χ2v) is 23.4. The van der Waals surface area contributed by atoms with Crippen molar-refractivity contribution in [2.24, 2.45) is 0 Å². The fraction of sp³-hybridized carbons (Fsp3) is 0.127. The zero-order valence-corrected chi connectivity index (χ0v) is 44.7. The molecule has 9 aromatic carbocycles. The number of hydrogen-bond donors (Lipinski definition) is 0. The monoisotopic (exact) mass is 1010 g/mol. The zero-order chi connectivity index (χ0) is 52.8. The fourth-order valence-electron chi connectivity index (χ4n) is 12.3. The third kappa shape index (κ3) is 7.17. The quantitative estimate of drug-likeness (QED) is 0.155. The molecule has 13 aromatic rings. The summed E-state index contributed by atoms with van der Waals surface area (Å²) in [6, 6.07) is 74.1. The minimum atomic E-state index is -0.429. The molecular formula is C71H55BN2O4. The maximum atomic E-state index is 7.51. The van der Waals surface area contributed by atoms with Crippen LogP contribution >= 0.6 is 0 Å². The average molecular weight is 1010 g/mol. The van der Waals surface area contributed by atoms with Crippen LogP contribution in [0.3, 0.4) is 0 Å². The number of para-hydroxylation sites is 2. The van der Waals surface area contributed by atoms with Gasteiger partial charge in [-0.25, -0.2) is 0 Å². The number of aryl methyl sites for hydroxylation is 1. The molecule has 78 heavy (non-hydrogen) atoms. The van der Waals surface area contributed by atoms with Gasteiger partial charge in [-0.3, -0.25) is 0 Å². The molecule has 2 aliphatic rings. The second-order valence-electron chi connectivity index (χ2n) is 23.4. The smallest absolute Gasteiger partial charge is 0.342 e. The highest BCUT2D eigenvalue weighted by molar-refractivity contribution is 6.99. The molecule has 0 saturated heterocycles. The van der Waals surface area contributed by atoms with Crippen molar-refractivity contribution < 1.29 is 17.7 Å². The lowest BCUT2D eigenvalue weighted by molar-refractivity contribution is 0.590. The molecule has 0 fully saturated rings. The lowest BCUT2D eigenvalue weighted by Crippen LogP contribution is -2.60. The first-order valence-electron chi connectivity index (χ1n) is 27.1. The van der Waals surface area contributed by atoms with E-state index in [2.05, 4.69) is 240 Å². The third-order valence-electron chi connectivity index (χ3n) is 16.2. The Balaban J connectivity index is 1.08. The number of fused-ring (bicyclic) bond motifs is 10. The van der Waals surface area contributed by atoms with E-state index in [4.69, 9.17) is 17.7 Å². The van der Waals surface area contributed by atoms with Crippen molar-refractivity contribution >= 4 is 101 Å². The van der Waals surface area contributed by atoms with Crippen LogP contribution in [0, 0.1) is 6.92 Å². The van der Waals surface area contributed by atoms with E-state index >= 15 is 0 Å². The SMILES string of the molecule is Cc1cc2c3c(c1)N(c1cc(-c4cc5ccccc5o4)ccc1-c1ccccc1)c1c(oc4ccc(C(C)(C)C)cc14)B3c1oc3ccc(C(C)(C)C)cc3c1N2c1cc(-c2cc3ccccc3o2)ccc1-c1ccccc1. The van der Waals surface area contributed by atoms with Gasteiger partial charge < -0.3 is 27.5 Å². The van der Waals surface area contributed by atoms with Gasteiger partial charge in [-0.1, -0.05) is 175 Å². The molecule has 0 atom stereocenters. The highest BCUT2D eigenvalue weighted by Crippen LogP contribution is 2.53. The van der Waals surface area contributed by atoms with E-state index in [1.165, 1.54) is 11.1 Å². The molecule has 0 unspecified atom stereocenters. The van der Waals surface area contributed by atoms with Crippen molar-refractivity contribution in [1.82, 2.24) is 0 Å². The van der Waals surface area contributed by atoms with Crippen molar-refractivity contribution in [2.45, 2.75) is 59.3 Å².